The average Bonchev–Trinajstić information content (AvgIpc) is 1.80. The largest absolute Gasteiger partial charge is 0.317 e. The van der Waals surface area contributed by atoms with E-state index in [2.05, 4.69) is 26.3 Å². The summed E-state index contributed by atoms with van der Waals surface area (Å²) in [6.45, 7) is 7.67. The first-order valence-electron chi connectivity index (χ1n) is 4.88. The molecule has 0 heterocycles. The summed E-state index contributed by atoms with van der Waals surface area (Å²) < 4.78 is 0. The van der Waals surface area contributed by atoms with E-state index >= 15 is 0 Å². The zero-order chi connectivity index (χ0) is 9.19. The molecule has 0 bridgehead atoms. The Morgan fingerprint density at radius 1 is 1.25 bits per heavy atom. The van der Waals surface area contributed by atoms with E-state index in [1.165, 1.54) is 19.3 Å². The number of hydrogen-bond donors (Lipinski definition) is 2. The van der Waals surface area contributed by atoms with E-state index in [0.29, 0.717) is 5.41 Å². The molecule has 0 spiro atoms. The lowest BCUT2D eigenvalue weighted by Crippen LogP contribution is -2.33. The second-order valence-corrected chi connectivity index (χ2v) is 5.33. The summed E-state index contributed by atoms with van der Waals surface area (Å²) in [5.74, 6) is 1.63. The summed E-state index contributed by atoms with van der Waals surface area (Å²) in [6.07, 6.45) is 3.92. The summed E-state index contributed by atoms with van der Waals surface area (Å²) in [4.78, 5) is 0. The molecule has 1 saturated carbocycles. The van der Waals surface area contributed by atoms with Crippen LogP contribution in [-0.4, -0.2) is 11.8 Å². The first kappa shape index (κ1) is 10.0. The van der Waals surface area contributed by atoms with Crippen molar-refractivity contribution in [1.82, 2.24) is 5.48 Å². The Morgan fingerprint density at radius 3 is 2.25 bits per heavy atom. The zero-order valence-electron chi connectivity index (χ0n) is 8.43. The lowest BCUT2D eigenvalue weighted by Gasteiger charge is -2.38. The van der Waals surface area contributed by atoms with Gasteiger partial charge >= 0.3 is 0 Å². The fourth-order valence-corrected chi connectivity index (χ4v) is 2.20. The maximum absolute atomic E-state index is 8.47. The lowest BCUT2D eigenvalue weighted by molar-refractivity contribution is 0.0811. The average molecular weight is 171 g/mol. The van der Waals surface area contributed by atoms with Crippen LogP contribution in [0.4, 0.5) is 0 Å². The van der Waals surface area contributed by atoms with Gasteiger partial charge in [0.15, 0.2) is 0 Å². The third kappa shape index (κ3) is 3.11. The molecule has 0 atom stereocenters. The molecular formula is C10H21NO. The van der Waals surface area contributed by atoms with Crippen molar-refractivity contribution in [3.8, 4) is 0 Å². The van der Waals surface area contributed by atoms with E-state index in [9.17, 15) is 0 Å². The normalized spacial score (nSPS) is 30.0. The van der Waals surface area contributed by atoms with Gasteiger partial charge in [0.1, 0.15) is 0 Å². The van der Waals surface area contributed by atoms with Gasteiger partial charge in [-0.3, -0.25) is 0 Å². The molecule has 0 radical (unpaired) electrons. The lowest BCUT2D eigenvalue weighted by atomic mass is 9.68. The smallest absolute Gasteiger partial charge is 0.0236 e. The molecule has 0 aliphatic heterocycles. The Morgan fingerprint density at radius 2 is 1.83 bits per heavy atom. The molecule has 1 aliphatic carbocycles. The van der Waals surface area contributed by atoms with Crippen molar-refractivity contribution < 1.29 is 5.21 Å². The van der Waals surface area contributed by atoms with Crippen molar-refractivity contribution in [1.29, 1.82) is 0 Å². The molecule has 0 aromatic rings. The minimum absolute atomic E-state index is 0.474. The number of hydrogen-bond acceptors (Lipinski definition) is 2. The summed E-state index contributed by atoms with van der Waals surface area (Å²) in [5.41, 5.74) is 2.73. The maximum atomic E-state index is 8.47. The van der Waals surface area contributed by atoms with Gasteiger partial charge in [0.25, 0.3) is 0 Å². The Balaban J connectivity index is 2.10. The summed E-state index contributed by atoms with van der Waals surface area (Å²) in [5, 5.41) is 8.47. The molecule has 1 rings (SSSR count). The van der Waals surface area contributed by atoms with Crippen LogP contribution in [-0.2, 0) is 0 Å². The third-order valence-corrected chi connectivity index (χ3v) is 2.61. The summed E-state index contributed by atoms with van der Waals surface area (Å²) >= 11 is 0. The highest BCUT2D eigenvalue weighted by Crippen LogP contribution is 2.40. The van der Waals surface area contributed by atoms with Crippen LogP contribution in [0.2, 0.25) is 0 Å². The van der Waals surface area contributed by atoms with Crippen LogP contribution in [0, 0.1) is 17.3 Å². The molecule has 2 nitrogen and oxygen atoms in total. The topological polar surface area (TPSA) is 32.3 Å². The highest BCUT2D eigenvalue weighted by Gasteiger charge is 2.31. The number of nitrogens with one attached hydrogen (secondary N) is 1. The monoisotopic (exact) mass is 171 g/mol. The summed E-state index contributed by atoms with van der Waals surface area (Å²) in [6, 6.07) is 0. The van der Waals surface area contributed by atoms with Gasteiger partial charge in [-0.05, 0) is 36.5 Å². The Kier molecular flexibility index (Phi) is 3.13. The number of hydroxylamine groups is 1. The van der Waals surface area contributed by atoms with Crippen LogP contribution in [0.5, 0.6) is 0 Å². The predicted octanol–water partition coefficient (Wildman–Crippen LogP) is 2.43. The van der Waals surface area contributed by atoms with Crippen molar-refractivity contribution in [2.24, 2.45) is 17.3 Å². The highest BCUT2D eigenvalue weighted by molar-refractivity contribution is 4.83. The zero-order valence-corrected chi connectivity index (χ0v) is 8.43. The predicted molar refractivity (Wildman–Crippen MR) is 50.1 cm³/mol. The molecule has 0 aromatic heterocycles. The first-order chi connectivity index (χ1) is 5.51. The fourth-order valence-electron chi connectivity index (χ4n) is 2.20. The Labute approximate surface area is 75.3 Å². The standard InChI is InChI=1S/C10H21NO/c1-10(2,3)6-8-4-9(5-8)7-11-12/h8-9,11-12H,4-7H2,1-3H3. The van der Waals surface area contributed by atoms with Gasteiger partial charge in [-0.25, -0.2) is 5.48 Å². The molecule has 0 unspecified atom stereocenters. The van der Waals surface area contributed by atoms with Crippen LogP contribution in [0.15, 0.2) is 0 Å². The van der Waals surface area contributed by atoms with Crippen molar-refractivity contribution in [3.05, 3.63) is 0 Å². The second kappa shape index (κ2) is 3.75. The van der Waals surface area contributed by atoms with Crippen molar-refractivity contribution >= 4 is 0 Å². The van der Waals surface area contributed by atoms with Crippen molar-refractivity contribution in [3.63, 3.8) is 0 Å². The van der Waals surface area contributed by atoms with Crippen LogP contribution < -0.4 is 5.48 Å². The summed E-state index contributed by atoms with van der Waals surface area (Å²) in [7, 11) is 0. The highest BCUT2D eigenvalue weighted by atomic mass is 16.5. The molecule has 72 valence electrons. The SMILES string of the molecule is CC(C)(C)CC1CC(CNO)C1. The Hall–Kier alpha value is -0.0800. The van der Waals surface area contributed by atoms with E-state index < -0.39 is 0 Å². The van der Waals surface area contributed by atoms with E-state index in [-0.39, 0.29) is 0 Å². The van der Waals surface area contributed by atoms with Gasteiger partial charge in [-0.15, -0.1) is 0 Å². The number of rotatable bonds is 3. The molecule has 0 amide bonds. The minimum atomic E-state index is 0.474. The molecule has 1 fully saturated rings. The van der Waals surface area contributed by atoms with Crippen molar-refractivity contribution in [2.75, 3.05) is 6.54 Å². The fraction of sp³-hybridized carbons (Fsp3) is 1.00. The molecule has 0 saturated heterocycles. The first-order valence-corrected chi connectivity index (χ1v) is 4.88. The van der Waals surface area contributed by atoms with Gasteiger partial charge < -0.3 is 5.21 Å². The van der Waals surface area contributed by atoms with Crippen LogP contribution in [0.1, 0.15) is 40.0 Å². The van der Waals surface area contributed by atoms with E-state index in [4.69, 9.17) is 5.21 Å². The Bertz CT molecular complexity index is 133. The van der Waals surface area contributed by atoms with Gasteiger partial charge in [-0.1, -0.05) is 20.8 Å². The molecule has 2 heteroatoms. The van der Waals surface area contributed by atoms with E-state index in [1.54, 1.807) is 0 Å². The molecule has 12 heavy (non-hydrogen) atoms. The van der Waals surface area contributed by atoms with E-state index in [0.717, 1.165) is 18.4 Å². The van der Waals surface area contributed by atoms with Gasteiger partial charge in [-0.2, -0.15) is 0 Å². The van der Waals surface area contributed by atoms with Crippen LogP contribution in [0.25, 0.3) is 0 Å². The maximum Gasteiger partial charge on any atom is 0.0236 e. The van der Waals surface area contributed by atoms with Gasteiger partial charge in [0.2, 0.25) is 0 Å². The minimum Gasteiger partial charge on any atom is -0.317 e. The molecule has 2 N–H and O–H groups in total. The third-order valence-electron chi connectivity index (χ3n) is 2.61. The van der Waals surface area contributed by atoms with Crippen molar-refractivity contribution in [2.45, 2.75) is 40.0 Å². The molecule has 1 aliphatic rings. The molecule has 0 aromatic carbocycles. The van der Waals surface area contributed by atoms with E-state index in [1.807, 2.05) is 0 Å². The second-order valence-electron chi connectivity index (χ2n) is 5.33. The van der Waals surface area contributed by atoms with Gasteiger partial charge in [0, 0.05) is 6.54 Å². The molecular weight excluding hydrogens is 150 g/mol. The van der Waals surface area contributed by atoms with Crippen LogP contribution >= 0.6 is 0 Å². The quantitative estimate of drug-likeness (QED) is 0.639. The van der Waals surface area contributed by atoms with Gasteiger partial charge in [0.05, 0.1) is 0 Å². The van der Waals surface area contributed by atoms with Crippen LogP contribution in [0.3, 0.4) is 0 Å².